The van der Waals surface area contributed by atoms with Gasteiger partial charge in [0.25, 0.3) is 0 Å². The largest absolute Gasteiger partial charge is 0.383 e. The summed E-state index contributed by atoms with van der Waals surface area (Å²) in [4.78, 5) is 19.2. The maximum absolute atomic E-state index is 13.0. The minimum absolute atomic E-state index is 0.0127. The molecule has 2 N–H and O–H groups in total. The number of likely N-dealkylation sites (N-methyl/N-ethyl adjacent to an activating group) is 1. The second kappa shape index (κ2) is 7.04. The first-order valence-electron chi connectivity index (χ1n) is 7.17. The topological polar surface area (TPSA) is 59.2 Å². The lowest BCUT2D eigenvalue weighted by atomic mass is 9.82. The third-order valence-corrected chi connectivity index (χ3v) is 4.30. The molecule has 0 aliphatic heterocycles. The highest BCUT2D eigenvalue weighted by Gasteiger charge is 2.40. The van der Waals surface area contributed by atoms with Crippen LogP contribution in [0.15, 0.2) is 12.3 Å². The van der Waals surface area contributed by atoms with Crippen LogP contribution in [-0.2, 0) is 0 Å². The van der Waals surface area contributed by atoms with Crippen LogP contribution in [0.25, 0.3) is 0 Å². The highest BCUT2D eigenvalue weighted by atomic mass is 35.5. The smallest absolute Gasteiger partial charge is 0.186 e. The molecule has 0 saturated carbocycles. The minimum atomic E-state index is -0.538. The maximum atomic E-state index is 13.0. The van der Waals surface area contributed by atoms with E-state index in [0.717, 1.165) is 25.9 Å². The van der Waals surface area contributed by atoms with Crippen LogP contribution in [0.3, 0.4) is 0 Å². The quantitative estimate of drug-likeness (QED) is 0.784. The summed E-state index contributed by atoms with van der Waals surface area (Å²) in [5, 5.41) is 0.434. The highest BCUT2D eigenvalue weighted by molar-refractivity contribution is 6.31. The number of aromatic nitrogens is 1. The van der Waals surface area contributed by atoms with Crippen molar-refractivity contribution < 1.29 is 4.79 Å². The number of halogens is 1. The van der Waals surface area contributed by atoms with Gasteiger partial charge in [0.15, 0.2) is 5.78 Å². The van der Waals surface area contributed by atoms with Gasteiger partial charge in [0.1, 0.15) is 5.82 Å². The van der Waals surface area contributed by atoms with Gasteiger partial charge in [0, 0.05) is 6.20 Å². The molecule has 1 aromatic rings. The molecule has 0 spiro atoms. The number of carbonyl (C=O) groups excluding carboxylic acids is 1. The highest BCUT2D eigenvalue weighted by Crippen LogP contribution is 2.30. The van der Waals surface area contributed by atoms with Crippen LogP contribution >= 0.6 is 11.6 Å². The zero-order chi connectivity index (χ0) is 15.3. The van der Waals surface area contributed by atoms with Crippen molar-refractivity contribution in [3.63, 3.8) is 0 Å². The molecular weight excluding hydrogens is 274 g/mol. The standard InChI is InChI=1S/C15H24ClN3O/c1-5-15(6-2,19(7-3)8-4)13(20)12-9-11(16)10-18-14(12)17/h9-10H,5-8H2,1-4H3,(H2,17,18). The van der Waals surface area contributed by atoms with Crippen molar-refractivity contribution in [2.45, 2.75) is 46.1 Å². The van der Waals surface area contributed by atoms with E-state index >= 15 is 0 Å². The van der Waals surface area contributed by atoms with E-state index in [-0.39, 0.29) is 11.6 Å². The molecule has 4 nitrogen and oxygen atoms in total. The van der Waals surface area contributed by atoms with Gasteiger partial charge in [0.2, 0.25) is 0 Å². The van der Waals surface area contributed by atoms with Crippen LogP contribution in [0.1, 0.15) is 50.9 Å². The summed E-state index contributed by atoms with van der Waals surface area (Å²) in [5.74, 6) is 0.261. The lowest BCUT2D eigenvalue weighted by Crippen LogP contribution is -2.54. The third-order valence-electron chi connectivity index (χ3n) is 4.09. The number of hydrogen-bond donors (Lipinski definition) is 1. The number of rotatable bonds is 7. The Morgan fingerprint density at radius 2 is 1.85 bits per heavy atom. The zero-order valence-electron chi connectivity index (χ0n) is 12.7. The molecule has 20 heavy (non-hydrogen) atoms. The van der Waals surface area contributed by atoms with Gasteiger partial charge in [-0.15, -0.1) is 0 Å². The molecule has 112 valence electrons. The summed E-state index contributed by atoms with van der Waals surface area (Å²) < 4.78 is 0. The second-order valence-corrected chi connectivity index (χ2v) is 5.26. The van der Waals surface area contributed by atoms with Crippen LogP contribution < -0.4 is 5.73 Å². The van der Waals surface area contributed by atoms with Crippen LogP contribution in [0.4, 0.5) is 5.82 Å². The monoisotopic (exact) mass is 297 g/mol. The molecule has 0 fully saturated rings. The lowest BCUT2D eigenvalue weighted by Gasteiger charge is -2.41. The van der Waals surface area contributed by atoms with Gasteiger partial charge in [-0.25, -0.2) is 4.98 Å². The molecule has 1 aromatic heterocycles. The molecule has 5 heteroatoms. The fourth-order valence-corrected chi connectivity index (χ4v) is 3.03. The molecule has 0 unspecified atom stereocenters. The molecule has 0 saturated heterocycles. The van der Waals surface area contributed by atoms with E-state index < -0.39 is 5.54 Å². The molecule has 0 aliphatic carbocycles. The van der Waals surface area contributed by atoms with E-state index in [1.165, 1.54) is 6.20 Å². The van der Waals surface area contributed by atoms with Gasteiger partial charge in [-0.1, -0.05) is 39.3 Å². The minimum Gasteiger partial charge on any atom is -0.383 e. The fourth-order valence-electron chi connectivity index (χ4n) is 2.87. The van der Waals surface area contributed by atoms with Gasteiger partial charge < -0.3 is 5.73 Å². The summed E-state index contributed by atoms with van der Waals surface area (Å²) in [6, 6.07) is 1.62. The second-order valence-electron chi connectivity index (χ2n) is 4.83. The molecule has 1 heterocycles. The van der Waals surface area contributed by atoms with Crippen LogP contribution in [0.2, 0.25) is 5.02 Å². The first kappa shape index (κ1) is 16.9. The summed E-state index contributed by atoms with van der Waals surface area (Å²) in [5.41, 5.74) is 5.76. The Morgan fingerprint density at radius 3 is 2.30 bits per heavy atom. The zero-order valence-corrected chi connectivity index (χ0v) is 13.5. The molecule has 0 atom stereocenters. The summed E-state index contributed by atoms with van der Waals surface area (Å²) >= 11 is 5.96. The van der Waals surface area contributed by atoms with Gasteiger partial charge >= 0.3 is 0 Å². The van der Waals surface area contributed by atoms with E-state index in [1.807, 2.05) is 13.8 Å². The summed E-state index contributed by atoms with van der Waals surface area (Å²) in [7, 11) is 0. The number of anilines is 1. The number of Topliss-reactive ketones (excluding diaryl/α,β-unsaturated/α-hetero) is 1. The van der Waals surface area contributed by atoms with Crippen LogP contribution in [0, 0.1) is 0 Å². The SMILES string of the molecule is CCN(CC)C(CC)(CC)C(=O)c1cc(Cl)cnc1N. The van der Waals surface area contributed by atoms with Crippen molar-refractivity contribution >= 4 is 23.2 Å². The molecule has 0 bridgehead atoms. The normalized spacial score (nSPS) is 11.9. The molecular formula is C15H24ClN3O. The Labute approximate surface area is 126 Å². The Morgan fingerprint density at radius 1 is 1.30 bits per heavy atom. The molecule has 0 aliphatic rings. The maximum Gasteiger partial charge on any atom is 0.186 e. The number of carbonyl (C=O) groups is 1. The number of nitrogens with two attached hydrogens (primary N) is 1. The lowest BCUT2D eigenvalue weighted by molar-refractivity contribution is 0.0535. The van der Waals surface area contributed by atoms with Crippen molar-refractivity contribution in [3.8, 4) is 0 Å². The Kier molecular flexibility index (Phi) is 5.96. The van der Waals surface area contributed by atoms with Gasteiger partial charge in [-0.2, -0.15) is 0 Å². The van der Waals surface area contributed by atoms with Crippen molar-refractivity contribution in [1.29, 1.82) is 0 Å². The Bertz CT molecular complexity index is 468. The average Bonchev–Trinajstić information content (AvgIpc) is 2.46. The Balaban J connectivity index is 3.34. The van der Waals surface area contributed by atoms with E-state index in [9.17, 15) is 4.79 Å². The van der Waals surface area contributed by atoms with Crippen molar-refractivity contribution in [2.24, 2.45) is 0 Å². The first-order chi connectivity index (χ1) is 9.46. The molecule has 1 rings (SSSR count). The summed E-state index contributed by atoms with van der Waals surface area (Å²) in [6.07, 6.45) is 2.93. The van der Waals surface area contributed by atoms with Crippen LogP contribution in [0.5, 0.6) is 0 Å². The molecule has 0 radical (unpaired) electrons. The number of ketones is 1. The molecule has 0 amide bonds. The van der Waals surface area contributed by atoms with Crippen molar-refractivity contribution in [3.05, 3.63) is 22.8 Å². The van der Waals surface area contributed by atoms with Gasteiger partial charge in [0.05, 0.1) is 16.1 Å². The fraction of sp³-hybridized carbons (Fsp3) is 0.600. The Hall–Kier alpha value is -1.13. The predicted octanol–water partition coefficient (Wildman–Crippen LogP) is 3.40. The van der Waals surface area contributed by atoms with E-state index in [1.54, 1.807) is 6.07 Å². The van der Waals surface area contributed by atoms with Gasteiger partial charge in [-0.3, -0.25) is 9.69 Å². The number of nitrogens with zero attached hydrogens (tertiary/aromatic N) is 2. The average molecular weight is 298 g/mol. The molecule has 0 aromatic carbocycles. The van der Waals surface area contributed by atoms with Gasteiger partial charge in [-0.05, 0) is 32.0 Å². The summed E-state index contributed by atoms with van der Waals surface area (Å²) in [6.45, 7) is 9.84. The van der Waals surface area contributed by atoms with Crippen molar-refractivity contribution in [2.75, 3.05) is 18.8 Å². The first-order valence-corrected chi connectivity index (χ1v) is 7.55. The van der Waals surface area contributed by atoms with E-state index in [0.29, 0.717) is 10.6 Å². The number of pyridine rings is 1. The van der Waals surface area contributed by atoms with Crippen LogP contribution in [-0.4, -0.2) is 34.3 Å². The predicted molar refractivity (Wildman–Crippen MR) is 84.2 cm³/mol. The number of hydrogen-bond acceptors (Lipinski definition) is 4. The van der Waals surface area contributed by atoms with E-state index in [2.05, 4.69) is 23.7 Å². The number of nitrogen functional groups attached to an aromatic ring is 1. The third kappa shape index (κ3) is 2.96. The van der Waals surface area contributed by atoms with E-state index in [4.69, 9.17) is 17.3 Å². The van der Waals surface area contributed by atoms with Crippen molar-refractivity contribution in [1.82, 2.24) is 9.88 Å².